The van der Waals surface area contributed by atoms with E-state index in [2.05, 4.69) is 20.7 Å². The van der Waals surface area contributed by atoms with E-state index in [-0.39, 0.29) is 19.6 Å². The zero-order valence-corrected chi connectivity index (χ0v) is 14.6. The Hall–Kier alpha value is -2.93. The molecule has 0 aliphatic rings. The monoisotopic (exact) mass is 349 g/mol. The molecule has 0 aliphatic heterocycles. The second kappa shape index (κ2) is 9.39. The lowest BCUT2D eigenvalue weighted by molar-refractivity contribution is 0.0523. The highest BCUT2D eigenvalue weighted by atomic mass is 16.6. The van der Waals surface area contributed by atoms with Crippen LogP contribution in [0.25, 0.3) is 10.4 Å². The van der Waals surface area contributed by atoms with Crippen molar-refractivity contribution in [1.29, 1.82) is 0 Å². The molecule has 0 saturated carbocycles. The van der Waals surface area contributed by atoms with Gasteiger partial charge in [0.05, 0.1) is 6.54 Å². The lowest BCUT2D eigenvalue weighted by Crippen LogP contribution is -2.32. The van der Waals surface area contributed by atoms with E-state index in [9.17, 15) is 9.59 Å². The third-order valence-electron chi connectivity index (χ3n) is 3.09. The summed E-state index contributed by atoms with van der Waals surface area (Å²) in [6, 6.07) is 5.50. The molecule has 1 aromatic rings. The van der Waals surface area contributed by atoms with Crippen molar-refractivity contribution in [2.45, 2.75) is 45.9 Å². The minimum absolute atomic E-state index is 0.141. The molecule has 0 spiro atoms. The smallest absolute Gasteiger partial charge is 0.407 e. The summed E-state index contributed by atoms with van der Waals surface area (Å²) in [6.45, 7) is 5.99. The first-order chi connectivity index (χ1) is 11.7. The first kappa shape index (κ1) is 20.1. The molecule has 0 bridgehead atoms. The number of benzene rings is 1. The van der Waals surface area contributed by atoms with Crippen LogP contribution < -0.4 is 10.6 Å². The van der Waals surface area contributed by atoms with Crippen molar-refractivity contribution in [2.24, 2.45) is 5.11 Å². The molecular formula is C16H23N5O4. The van der Waals surface area contributed by atoms with Gasteiger partial charge in [0.2, 0.25) is 0 Å². The number of azide groups is 1. The van der Waals surface area contributed by atoms with Crippen LogP contribution in [-0.2, 0) is 24.2 Å². The summed E-state index contributed by atoms with van der Waals surface area (Å²) < 4.78 is 5.18. The van der Waals surface area contributed by atoms with Gasteiger partial charge >= 0.3 is 12.2 Å². The minimum Gasteiger partial charge on any atom is -0.465 e. The second-order valence-corrected chi connectivity index (χ2v) is 6.33. The maximum atomic E-state index is 11.8. The summed E-state index contributed by atoms with van der Waals surface area (Å²) in [5.41, 5.74) is 10.4. The number of rotatable bonds is 7. The largest absolute Gasteiger partial charge is 0.465 e. The van der Waals surface area contributed by atoms with Gasteiger partial charge in [-0.1, -0.05) is 23.3 Å². The number of hydrogen-bond acceptors (Lipinski definition) is 4. The molecule has 0 fully saturated rings. The van der Waals surface area contributed by atoms with Gasteiger partial charge < -0.3 is 20.5 Å². The molecule has 9 nitrogen and oxygen atoms in total. The van der Waals surface area contributed by atoms with Crippen LogP contribution in [0.4, 0.5) is 9.59 Å². The van der Waals surface area contributed by atoms with Crippen molar-refractivity contribution in [3.05, 3.63) is 45.3 Å². The fourth-order valence-electron chi connectivity index (χ4n) is 2.06. The fraction of sp³-hybridized carbons (Fsp3) is 0.500. The van der Waals surface area contributed by atoms with Crippen molar-refractivity contribution in [1.82, 2.24) is 10.6 Å². The third kappa shape index (κ3) is 8.47. The lowest BCUT2D eigenvalue weighted by Gasteiger charge is -2.20. The molecule has 0 atom stereocenters. The number of amides is 2. The molecule has 0 aromatic heterocycles. The Balaban J connectivity index is 2.78. The average molecular weight is 349 g/mol. The van der Waals surface area contributed by atoms with E-state index < -0.39 is 17.8 Å². The second-order valence-electron chi connectivity index (χ2n) is 6.33. The highest BCUT2D eigenvalue weighted by Crippen LogP contribution is 2.15. The predicted molar refractivity (Wildman–Crippen MR) is 92.1 cm³/mol. The van der Waals surface area contributed by atoms with E-state index in [4.69, 9.17) is 15.4 Å². The van der Waals surface area contributed by atoms with Crippen molar-refractivity contribution in [2.75, 3.05) is 6.54 Å². The summed E-state index contributed by atoms with van der Waals surface area (Å²) in [6.07, 6.45) is -1.10. The quantitative estimate of drug-likeness (QED) is 0.395. The summed E-state index contributed by atoms with van der Waals surface area (Å²) >= 11 is 0. The first-order valence-corrected chi connectivity index (χ1v) is 7.76. The van der Waals surface area contributed by atoms with Gasteiger partial charge in [-0.3, -0.25) is 0 Å². The summed E-state index contributed by atoms with van der Waals surface area (Å²) in [5, 5.41) is 17.1. The Bertz CT molecular complexity index is 663. The lowest BCUT2D eigenvalue weighted by atomic mass is 10.0. The molecule has 0 heterocycles. The number of nitrogens with zero attached hydrogens (tertiary/aromatic N) is 3. The van der Waals surface area contributed by atoms with Crippen LogP contribution >= 0.6 is 0 Å². The maximum absolute atomic E-state index is 11.8. The minimum atomic E-state index is -1.08. The normalized spacial score (nSPS) is 10.5. The van der Waals surface area contributed by atoms with E-state index in [0.29, 0.717) is 6.42 Å². The standard InChI is InChI=1S/C16H23N5O4/c1-16(2,3)25-15(24)19-9-12-5-4-11(6-7-18-14(22)23)8-13(12)10-20-21-17/h4-5,8,18H,6-7,9-10H2,1-3H3,(H,19,24)(H,22,23). The number of carbonyl (C=O) groups excluding carboxylic acids is 1. The summed E-state index contributed by atoms with van der Waals surface area (Å²) in [4.78, 5) is 25.0. The highest BCUT2D eigenvalue weighted by Gasteiger charge is 2.16. The third-order valence-corrected chi connectivity index (χ3v) is 3.09. The van der Waals surface area contributed by atoms with Crippen LogP contribution in [0.1, 0.15) is 37.5 Å². The number of ether oxygens (including phenoxy) is 1. The Labute approximate surface area is 146 Å². The molecule has 1 rings (SSSR count). The van der Waals surface area contributed by atoms with E-state index in [1.54, 1.807) is 20.8 Å². The number of hydrogen-bond donors (Lipinski definition) is 3. The Morgan fingerprint density at radius 2 is 2.00 bits per heavy atom. The van der Waals surface area contributed by atoms with Gasteiger partial charge in [-0.25, -0.2) is 9.59 Å². The van der Waals surface area contributed by atoms with Crippen molar-refractivity contribution in [3.8, 4) is 0 Å². The summed E-state index contributed by atoms with van der Waals surface area (Å²) in [7, 11) is 0. The molecule has 3 N–H and O–H groups in total. The van der Waals surface area contributed by atoms with Crippen LogP contribution in [0.15, 0.2) is 23.3 Å². The van der Waals surface area contributed by atoms with E-state index in [1.807, 2.05) is 18.2 Å². The van der Waals surface area contributed by atoms with Crippen LogP contribution in [-0.4, -0.2) is 29.4 Å². The van der Waals surface area contributed by atoms with Crippen LogP contribution in [0.3, 0.4) is 0 Å². The van der Waals surface area contributed by atoms with Crippen molar-refractivity contribution >= 4 is 12.2 Å². The van der Waals surface area contributed by atoms with Crippen molar-refractivity contribution in [3.63, 3.8) is 0 Å². The van der Waals surface area contributed by atoms with Gasteiger partial charge in [-0.15, -0.1) is 0 Å². The van der Waals surface area contributed by atoms with Gasteiger partial charge in [0, 0.05) is 18.0 Å². The summed E-state index contributed by atoms with van der Waals surface area (Å²) in [5.74, 6) is 0. The molecule has 9 heteroatoms. The Kier molecular flexibility index (Phi) is 7.55. The molecule has 2 amide bonds. The van der Waals surface area contributed by atoms with Gasteiger partial charge in [0.15, 0.2) is 0 Å². The molecule has 136 valence electrons. The first-order valence-electron chi connectivity index (χ1n) is 7.76. The fourth-order valence-corrected chi connectivity index (χ4v) is 2.06. The maximum Gasteiger partial charge on any atom is 0.407 e. The van der Waals surface area contributed by atoms with Gasteiger partial charge in [0.1, 0.15) is 5.60 Å². The number of alkyl carbamates (subject to hydrolysis) is 1. The predicted octanol–water partition coefficient (Wildman–Crippen LogP) is 3.33. The molecule has 0 aliphatic carbocycles. The van der Waals surface area contributed by atoms with E-state index in [0.717, 1.165) is 16.7 Å². The average Bonchev–Trinajstić information content (AvgIpc) is 2.49. The zero-order valence-electron chi connectivity index (χ0n) is 14.6. The van der Waals surface area contributed by atoms with Crippen LogP contribution in [0, 0.1) is 0 Å². The van der Waals surface area contributed by atoms with Gasteiger partial charge in [-0.05, 0) is 49.4 Å². The Morgan fingerprint density at radius 3 is 2.60 bits per heavy atom. The van der Waals surface area contributed by atoms with E-state index in [1.165, 1.54) is 0 Å². The van der Waals surface area contributed by atoms with E-state index >= 15 is 0 Å². The van der Waals surface area contributed by atoms with Gasteiger partial charge in [-0.2, -0.15) is 0 Å². The van der Waals surface area contributed by atoms with Gasteiger partial charge in [0.25, 0.3) is 0 Å². The molecule has 1 aromatic carbocycles. The zero-order chi connectivity index (χ0) is 18.9. The SMILES string of the molecule is CC(C)(C)OC(=O)NCc1ccc(CCNC(=O)O)cc1CN=[N+]=[N-]. The molecule has 0 unspecified atom stereocenters. The topological polar surface area (TPSA) is 136 Å². The number of carbonyl (C=O) groups is 2. The molecule has 0 radical (unpaired) electrons. The molecule has 25 heavy (non-hydrogen) atoms. The number of carboxylic acid groups (broad SMARTS) is 1. The molecular weight excluding hydrogens is 326 g/mol. The molecule has 0 saturated heterocycles. The van der Waals surface area contributed by atoms with Crippen LogP contribution in [0.5, 0.6) is 0 Å². The van der Waals surface area contributed by atoms with Crippen LogP contribution in [0.2, 0.25) is 0 Å². The van der Waals surface area contributed by atoms with Crippen molar-refractivity contribution < 1.29 is 19.4 Å². The Morgan fingerprint density at radius 1 is 1.28 bits per heavy atom. The highest BCUT2D eigenvalue weighted by molar-refractivity contribution is 5.67. The number of nitrogens with one attached hydrogen (secondary N) is 2.